The van der Waals surface area contributed by atoms with Gasteiger partial charge in [-0.3, -0.25) is 19.8 Å². The van der Waals surface area contributed by atoms with E-state index in [1.807, 2.05) is 24.3 Å². The molecule has 0 saturated heterocycles. The van der Waals surface area contributed by atoms with Gasteiger partial charge in [0.25, 0.3) is 11.5 Å². The Morgan fingerprint density at radius 1 is 1.17 bits per heavy atom. The number of hydroxylamine groups is 1. The number of fused-ring (bicyclic) bond motifs is 1. The Morgan fingerprint density at radius 2 is 1.90 bits per heavy atom. The summed E-state index contributed by atoms with van der Waals surface area (Å²) in [4.78, 5) is 28.5. The second-order valence-corrected chi connectivity index (χ2v) is 9.52. The lowest BCUT2D eigenvalue weighted by atomic mass is 10.0. The minimum absolute atomic E-state index is 0.000503. The van der Waals surface area contributed by atoms with Gasteiger partial charge in [0.05, 0.1) is 0 Å². The molecule has 0 bridgehead atoms. The van der Waals surface area contributed by atoms with Crippen molar-refractivity contribution in [2.75, 3.05) is 6.26 Å². The van der Waals surface area contributed by atoms with E-state index >= 15 is 0 Å². The maximum Gasteiger partial charge on any atom is 0.264 e. The van der Waals surface area contributed by atoms with E-state index < -0.39 is 20.5 Å². The number of pyridine rings is 2. The van der Waals surface area contributed by atoms with Gasteiger partial charge in [0.1, 0.15) is 0 Å². The Labute approximate surface area is 167 Å². The molecule has 1 amide bonds. The van der Waals surface area contributed by atoms with Crippen LogP contribution in [-0.4, -0.2) is 40.1 Å². The van der Waals surface area contributed by atoms with Crippen LogP contribution in [0.1, 0.15) is 13.3 Å². The zero-order chi connectivity index (χ0) is 21.2. The highest BCUT2D eigenvalue weighted by atomic mass is 32.2. The summed E-state index contributed by atoms with van der Waals surface area (Å²) in [6.45, 7) is 1.22. The average Bonchev–Trinajstić information content (AvgIpc) is 2.70. The number of hydrogen-bond donors (Lipinski definition) is 2. The van der Waals surface area contributed by atoms with Gasteiger partial charge in [-0.1, -0.05) is 12.1 Å². The number of nitrogens with one attached hydrogen (secondary N) is 1. The summed E-state index contributed by atoms with van der Waals surface area (Å²) in [5.41, 5.74) is 2.67. The molecule has 0 radical (unpaired) electrons. The maximum atomic E-state index is 12.5. The first-order valence-electron chi connectivity index (χ1n) is 8.84. The maximum absolute atomic E-state index is 12.5. The number of benzene rings is 1. The molecule has 1 atom stereocenters. The molecule has 1 unspecified atom stereocenters. The van der Waals surface area contributed by atoms with Crippen molar-refractivity contribution in [2.24, 2.45) is 0 Å². The highest BCUT2D eigenvalue weighted by Crippen LogP contribution is 2.24. The van der Waals surface area contributed by atoms with Crippen molar-refractivity contribution in [3.8, 4) is 11.1 Å². The number of carbonyl (C=O) groups is 1. The molecule has 0 aliphatic carbocycles. The summed E-state index contributed by atoms with van der Waals surface area (Å²) >= 11 is 0. The number of amides is 1. The second kappa shape index (κ2) is 7.76. The normalized spacial score (nSPS) is 13.8. The molecule has 2 heterocycles. The topological polar surface area (TPSA) is 118 Å². The fraction of sp³-hybridized carbons (Fsp3) is 0.250. The molecule has 3 aromatic rings. The molecule has 29 heavy (non-hydrogen) atoms. The van der Waals surface area contributed by atoms with Gasteiger partial charge in [0.15, 0.2) is 14.6 Å². The van der Waals surface area contributed by atoms with E-state index in [4.69, 9.17) is 5.21 Å². The molecular weight excluding hydrogens is 394 g/mol. The molecule has 9 heteroatoms. The van der Waals surface area contributed by atoms with Crippen LogP contribution in [0.25, 0.3) is 21.9 Å². The molecule has 2 N–H and O–H groups in total. The summed E-state index contributed by atoms with van der Waals surface area (Å²) in [5.74, 6) is -1.03. The van der Waals surface area contributed by atoms with Gasteiger partial charge < -0.3 is 4.57 Å². The highest BCUT2D eigenvalue weighted by molar-refractivity contribution is 7.92. The standard InChI is InChI=1S/C20H21N3O5S/c1-20(19(25)22-26,29(2,27)28)7-10-23-9-6-16(12-18(23)24)14-3-4-17-13-21-8-5-15(17)11-14/h3-6,8-9,11-13,26H,7,10H2,1-2H3,(H,22,25). The van der Waals surface area contributed by atoms with E-state index in [1.165, 1.54) is 23.0 Å². The molecule has 0 saturated carbocycles. The van der Waals surface area contributed by atoms with Crippen LogP contribution in [0.5, 0.6) is 0 Å². The lowest BCUT2D eigenvalue weighted by Crippen LogP contribution is -2.49. The largest absolute Gasteiger partial charge is 0.315 e. The predicted molar refractivity (Wildman–Crippen MR) is 109 cm³/mol. The summed E-state index contributed by atoms with van der Waals surface area (Å²) in [6.07, 6.45) is 5.78. The van der Waals surface area contributed by atoms with Gasteiger partial charge >= 0.3 is 0 Å². The van der Waals surface area contributed by atoms with Crippen LogP contribution < -0.4 is 11.0 Å². The van der Waals surface area contributed by atoms with Gasteiger partial charge in [-0.2, -0.15) is 0 Å². The zero-order valence-electron chi connectivity index (χ0n) is 16.0. The summed E-state index contributed by atoms with van der Waals surface area (Å²) in [7, 11) is -3.82. The van der Waals surface area contributed by atoms with Crippen LogP contribution in [0.4, 0.5) is 0 Å². The smallest absolute Gasteiger partial charge is 0.264 e. The van der Waals surface area contributed by atoms with Crippen molar-refractivity contribution in [2.45, 2.75) is 24.6 Å². The van der Waals surface area contributed by atoms with Crippen LogP contribution in [0.15, 0.2) is 59.8 Å². The minimum Gasteiger partial charge on any atom is -0.315 e. The van der Waals surface area contributed by atoms with E-state index in [0.29, 0.717) is 0 Å². The first-order chi connectivity index (χ1) is 13.7. The first-order valence-corrected chi connectivity index (χ1v) is 10.7. The minimum atomic E-state index is -3.82. The van der Waals surface area contributed by atoms with Crippen LogP contribution >= 0.6 is 0 Å². The fourth-order valence-corrected chi connectivity index (χ4v) is 3.90. The van der Waals surface area contributed by atoms with Crippen molar-refractivity contribution in [1.29, 1.82) is 0 Å². The SMILES string of the molecule is CC(CCn1ccc(-c2ccc3cnccc3c2)cc1=O)(C(=O)NO)S(C)(=O)=O. The van der Waals surface area contributed by atoms with Gasteiger partial charge in [0, 0.05) is 42.8 Å². The average molecular weight is 415 g/mol. The van der Waals surface area contributed by atoms with E-state index in [0.717, 1.165) is 28.2 Å². The van der Waals surface area contributed by atoms with Crippen LogP contribution in [0.2, 0.25) is 0 Å². The number of nitrogens with zero attached hydrogens (tertiary/aromatic N) is 2. The van der Waals surface area contributed by atoms with E-state index in [1.54, 1.807) is 24.7 Å². The van der Waals surface area contributed by atoms with Crippen molar-refractivity contribution in [3.63, 3.8) is 0 Å². The Morgan fingerprint density at radius 3 is 2.55 bits per heavy atom. The Balaban J connectivity index is 1.87. The molecule has 3 rings (SSSR count). The number of sulfone groups is 1. The number of carbonyl (C=O) groups excluding carboxylic acids is 1. The number of rotatable bonds is 6. The van der Waals surface area contributed by atoms with Crippen molar-refractivity contribution >= 4 is 26.5 Å². The van der Waals surface area contributed by atoms with Crippen LogP contribution in [0.3, 0.4) is 0 Å². The van der Waals surface area contributed by atoms with E-state index in [9.17, 15) is 18.0 Å². The van der Waals surface area contributed by atoms with Crippen molar-refractivity contribution in [3.05, 3.63) is 65.3 Å². The summed E-state index contributed by atoms with van der Waals surface area (Å²) in [5, 5.41) is 10.9. The molecule has 1 aromatic carbocycles. The molecule has 8 nitrogen and oxygen atoms in total. The zero-order valence-corrected chi connectivity index (χ0v) is 16.8. The highest BCUT2D eigenvalue weighted by Gasteiger charge is 2.43. The Kier molecular flexibility index (Phi) is 5.54. The number of aryl methyl sites for hydroxylation is 1. The van der Waals surface area contributed by atoms with Gasteiger partial charge in [-0.05, 0) is 48.1 Å². The Bertz CT molecular complexity index is 1240. The summed E-state index contributed by atoms with van der Waals surface area (Å²) < 4.78 is 23.6. The van der Waals surface area contributed by atoms with Crippen LogP contribution in [0, 0.1) is 0 Å². The lowest BCUT2D eigenvalue weighted by Gasteiger charge is -2.25. The molecule has 0 aliphatic rings. The molecule has 0 spiro atoms. The molecule has 0 aliphatic heterocycles. The number of aromatic nitrogens is 2. The van der Waals surface area contributed by atoms with Crippen molar-refractivity contribution < 1.29 is 18.4 Å². The second-order valence-electron chi connectivity index (χ2n) is 7.08. The van der Waals surface area contributed by atoms with Crippen LogP contribution in [-0.2, 0) is 21.2 Å². The first kappa shape index (κ1) is 20.7. The van der Waals surface area contributed by atoms with Crippen molar-refractivity contribution in [1.82, 2.24) is 15.0 Å². The third-order valence-electron chi connectivity index (χ3n) is 5.20. The third kappa shape index (κ3) is 4.06. The molecular formula is C20H21N3O5S. The monoisotopic (exact) mass is 415 g/mol. The van der Waals surface area contributed by atoms with E-state index in [2.05, 4.69) is 4.98 Å². The van der Waals surface area contributed by atoms with E-state index in [-0.39, 0.29) is 18.5 Å². The third-order valence-corrected chi connectivity index (χ3v) is 7.23. The van der Waals surface area contributed by atoms with Gasteiger partial charge in [0.2, 0.25) is 0 Å². The number of hydrogen-bond acceptors (Lipinski definition) is 6. The molecule has 152 valence electrons. The Hall–Kier alpha value is -3.04. The summed E-state index contributed by atoms with van der Waals surface area (Å²) in [6, 6.07) is 10.9. The quantitative estimate of drug-likeness (QED) is 0.468. The fourth-order valence-electron chi connectivity index (χ4n) is 3.05. The molecule has 2 aromatic heterocycles. The van der Waals surface area contributed by atoms with Gasteiger partial charge in [-0.25, -0.2) is 13.9 Å². The molecule has 0 fully saturated rings. The lowest BCUT2D eigenvalue weighted by molar-refractivity contribution is -0.131. The van der Waals surface area contributed by atoms with Gasteiger partial charge in [-0.15, -0.1) is 0 Å². The predicted octanol–water partition coefficient (Wildman–Crippen LogP) is 1.76.